The molecule has 1 unspecified atom stereocenters. The molecule has 7 heteroatoms. The summed E-state index contributed by atoms with van der Waals surface area (Å²) in [4.78, 5) is 27.3. The molecule has 0 radical (unpaired) electrons. The van der Waals surface area contributed by atoms with E-state index in [0.29, 0.717) is 30.0 Å². The van der Waals surface area contributed by atoms with Crippen LogP contribution in [0.5, 0.6) is 5.75 Å². The fourth-order valence-electron chi connectivity index (χ4n) is 3.67. The number of methoxy groups -OCH3 is 2. The molecule has 0 aliphatic carbocycles. The molecule has 0 bridgehead atoms. The number of esters is 2. The molecule has 1 aromatic heterocycles. The topological polar surface area (TPSA) is 104 Å². The van der Waals surface area contributed by atoms with E-state index in [0.717, 1.165) is 22.0 Å². The molecule has 1 atom stereocenters. The van der Waals surface area contributed by atoms with Crippen molar-refractivity contribution >= 4 is 28.5 Å². The van der Waals surface area contributed by atoms with Crippen LogP contribution in [0.15, 0.2) is 42.6 Å². The summed E-state index contributed by atoms with van der Waals surface area (Å²) in [5, 5.41) is 0.975. The van der Waals surface area contributed by atoms with Gasteiger partial charge in [0.1, 0.15) is 5.75 Å². The molecule has 0 aliphatic rings. The third-order valence-corrected chi connectivity index (χ3v) is 5.09. The zero-order chi connectivity index (χ0) is 21.7. The molecule has 2 aromatic carbocycles. The van der Waals surface area contributed by atoms with Gasteiger partial charge in [0.15, 0.2) is 0 Å². The minimum Gasteiger partial charge on any atom is -0.496 e. The predicted molar refractivity (Wildman–Crippen MR) is 115 cm³/mol. The molecule has 158 valence electrons. The van der Waals surface area contributed by atoms with Crippen LogP contribution >= 0.6 is 0 Å². The quantitative estimate of drug-likeness (QED) is 0.429. The van der Waals surface area contributed by atoms with Crippen LogP contribution in [0.1, 0.15) is 47.2 Å². The number of nitrogens with two attached hydrogens (primary N) is 1. The number of anilines is 1. The minimum absolute atomic E-state index is 0.174. The van der Waals surface area contributed by atoms with Crippen LogP contribution in [0, 0.1) is 0 Å². The number of carbonyl (C=O) groups is 2. The summed E-state index contributed by atoms with van der Waals surface area (Å²) in [5.74, 6) is -0.327. The second-order valence-corrected chi connectivity index (χ2v) is 6.89. The Bertz CT molecular complexity index is 1060. The minimum atomic E-state index is -0.442. The highest BCUT2D eigenvalue weighted by Gasteiger charge is 2.24. The number of rotatable bonds is 8. The lowest BCUT2D eigenvalue weighted by molar-refractivity contribution is -0.143. The van der Waals surface area contributed by atoms with Gasteiger partial charge in [-0.15, -0.1) is 0 Å². The summed E-state index contributed by atoms with van der Waals surface area (Å²) in [7, 11) is 2.89. The van der Waals surface area contributed by atoms with E-state index in [-0.39, 0.29) is 18.3 Å². The van der Waals surface area contributed by atoms with Gasteiger partial charge < -0.3 is 24.9 Å². The molecule has 0 aliphatic heterocycles. The van der Waals surface area contributed by atoms with Crippen LogP contribution in [-0.2, 0) is 14.3 Å². The third kappa shape index (κ3) is 4.40. The number of nitrogens with one attached hydrogen (secondary N) is 1. The average molecular weight is 410 g/mol. The fraction of sp³-hybridized carbons (Fsp3) is 0.304. The second-order valence-electron chi connectivity index (χ2n) is 6.89. The molecular weight excluding hydrogens is 384 g/mol. The average Bonchev–Trinajstić information content (AvgIpc) is 3.16. The van der Waals surface area contributed by atoms with Crippen molar-refractivity contribution in [2.45, 2.75) is 25.7 Å². The molecule has 0 saturated carbocycles. The van der Waals surface area contributed by atoms with E-state index >= 15 is 0 Å². The van der Waals surface area contributed by atoms with Gasteiger partial charge in [0.2, 0.25) is 0 Å². The number of ether oxygens (including phenoxy) is 3. The summed E-state index contributed by atoms with van der Waals surface area (Å²) < 4.78 is 15.5. The summed E-state index contributed by atoms with van der Waals surface area (Å²) in [6.07, 6.45) is 2.68. The normalized spacial score (nSPS) is 11.8. The Kier molecular flexibility index (Phi) is 6.61. The number of aromatic nitrogens is 1. The molecule has 0 amide bonds. The van der Waals surface area contributed by atoms with E-state index in [2.05, 4.69) is 4.98 Å². The van der Waals surface area contributed by atoms with Crippen molar-refractivity contribution in [3.8, 4) is 5.75 Å². The Morgan fingerprint density at radius 3 is 2.60 bits per heavy atom. The lowest BCUT2D eigenvalue weighted by Gasteiger charge is -2.20. The van der Waals surface area contributed by atoms with Crippen molar-refractivity contribution in [2.24, 2.45) is 0 Å². The van der Waals surface area contributed by atoms with Gasteiger partial charge in [-0.1, -0.05) is 6.07 Å². The Morgan fingerprint density at radius 2 is 1.90 bits per heavy atom. The largest absolute Gasteiger partial charge is 0.496 e. The number of H-pyrrole nitrogens is 1. The zero-order valence-corrected chi connectivity index (χ0v) is 17.4. The smallest absolute Gasteiger partial charge is 0.337 e. The van der Waals surface area contributed by atoms with Gasteiger partial charge in [-0.2, -0.15) is 0 Å². The van der Waals surface area contributed by atoms with Crippen molar-refractivity contribution in [3.05, 3.63) is 59.3 Å². The maximum absolute atomic E-state index is 12.1. The highest BCUT2D eigenvalue weighted by molar-refractivity contribution is 5.90. The van der Waals surface area contributed by atoms with Gasteiger partial charge in [0.25, 0.3) is 0 Å². The number of hydrogen-bond donors (Lipinski definition) is 2. The zero-order valence-electron chi connectivity index (χ0n) is 17.4. The number of fused-ring (bicyclic) bond motifs is 1. The molecule has 30 heavy (non-hydrogen) atoms. The number of nitrogen functional groups attached to an aromatic ring is 1. The molecule has 3 aromatic rings. The molecule has 3 rings (SSSR count). The van der Waals surface area contributed by atoms with Gasteiger partial charge in [0, 0.05) is 40.7 Å². The number of aromatic amines is 1. The standard InChI is InChI=1S/C23H26N2O5/c1-4-30-22(26)10-8-16(19-13-25-20-9-6-15(24)12-18(19)20)17-7-5-14(23(27)29-3)11-21(17)28-2/h5-7,9,11-13,16,25H,4,8,10,24H2,1-3H3. The Hall–Kier alpha value is -3.48. The van der Waals surface area contributed by atoms with Crippen LogP contribution < -0.4 is 10.5 Å². The summed E-state index contributed by atoms with van der Waals surface area (Å²) in [6, 6.07) is 10.9. The molecule has 7 nitrogen and oxygen atoms in total. The van der Waals surface area contributed by atoms with Crippen LogP contribution in [-0.4, -0.2) is 37.7 Å². The van der Waals surface area contributed by atoms with E-state index in [9.17, 15) is 9.59 Å². The first-order chi connectivity index (χ1) is 14.5. The highest BCUT2D eigenvalue weighted by atomic mass is 16.5. The number of hydrogen-bond acceptors (Lipinski definition) is 6. The maximum atomic E-state index is 12.1. The molecule has 0 fully saturated rings. The van der Waals surface area contributed by atoms with Crippen LogP contribution in [0.4, 0.5) is 5.69 Å². The fourth-order valence-corrected chi connectivity index (χ4v) is 3.67. The van der Waals surface area contributed by atoms with E-state index in [1.807, 2.05) is 30.5 Å². The van der Waals surface area contributed by atoms with Crippen molar-refractivity contribution in [1.82, 2.24) is 4.98 Å². The van der Waals surface area contributed by atoms with Crippen LogP contribution in [0.3, 0.4) is 0 Å². The lowest BCUT2D eigenvalue weighted by atomic mass is 9.86. The van der Waals surface area contributed by atoms with E-state index in [4.69, 9.17) is 19.9 Å². The first-order valence-electron chi connectivity index (χ1n) is 9.76. The third-order valence-electron chi connectivity index (χ3n) is 5.09. The maximum Gasteiger partial charge on any atom is 0.337 e. The molecule has 1 heterocycles. The molecule has 0 spiro atoms. The van der Waals surface area contributed by atoms with Gasteiger partial charge in [-0.05, 0) is 49.2 Å². The second kappa shape index (κ2) is 9.35. The van der Waals surface area contributed by atoms with Crippen molar-refractivity contribution in [3.63, 3.8) is 0 Å². The van der Waals surface area contributed by atoms with Gasteiger partial charge in [0.05, 0.1) is 26.4 Å². The van der Waals surface area contributed by atoms with Gasteiger partial charge in [-0.25, -0.2) is 4.79 Å². The van der Waals surface area contributed by atoms with E-state index < -0.39 is 5.97 Å². The summed E-state index contributed by atoms with van der Waals surface area (Å²) >= 11 is 0. The Labute approximate surface area is 175 Å². The van der Waals surface area contributed by atoms with Crippen molar-refractivity contribution < 1.29 is 23.8 Å². The molecule has 0 saturated heterocycles. The van der Waals surface area contributed by atoms with Gasteiger partial charge in [-0.3, -0.25) is 4.79 Å². The molecular formula is C23H26N2O5. The molecule has 3 N–H and O–H groups in total. The monoisotopic (exact) mass is 410 g/mol. The predicted octanol–water partition coefficient (Wildman–Crippen LogP) is 4.02. The highest BCUT2D eigenvalue weighted by Crippen LogP contribution is 2.39. The first kappa shape index (κ1) is 21.2. The summed E-state index contributed by atoms with van der Waals surface area (Å²) in [6.45, 7) is 2.12. The van der Waals surface area contributed by atoms with Crippen molar-refractivity contribution in [1.29, 1.82) is 0 Å². The SMILES string of the molecule is CCOC(=O)CCC(c1ccc(C(=O)OC)cc1OC)c1c[nH]c2ccc(N)cc12. The first-order valence-corrected chi connectivity index (χ1v) is 9.76. The van der Waals surface area contributed by atoms with Crippen LogP contribution in [0.25, 0.3) is 10.9 Å². The van der Waals surface area contributed by atoms with Crippen molar-refractivity contribution in [2.75, 3.05) is 26.6 Å². The Morgan fingerprint density at radius 1 is 1.10 bits per heavy atom. The number of carbonyl (C=O) groups excluding carboxylic acids is 2. The lowest BCUT2D eigenvalue weighted by Crippen LogP contribution is -2.10. The van der Waals surface area contributed by atoms with E-state index in [1.54, 1.807) is 26.2 Å². The van der Waals surface area contributed by atoms with Gasteiger partial charge >= 0.3 is 11.9 Å². The van der Waals surface area contributed by atoms with E-state index in [1.165, 1.54) is 7.11 Å². The Balaban J connectivity index is 2.08. The van der Waals surface area contributed by atoms with Crippen LogP contribution in [0.2, 0.25) is 0 Å². The number of benzene rings is 2. The summed E-state index contributed by atoms with van der Waals surface area (Å²) in [5.41, 5.74) is 9.86.